The summed E-state index contributed by atoms with van der Waals surface area (Å²) in [5, 5.41) is 3.02. The number of piperazine rings is 1. The molecule has 2 heterocycles. The molecule has 2 saturated heterocycles. The van der Waals surface area contributed by atoms with Crippen LogP contribution in [0.25, 0.3) is 0 Å². The number of carbonyl (C=O) groups excluding carboxylic acids is 2. The van der Waals surface area contributed by atoms with E-state index in [0.717, 1.165) is 12.8 Å². The topological polar surface area (TPSA) is 90.0 Å². The highest BCUT2D eigenvalue weighted by atomic mass is 35.5. The second-order valence-corrected chi connectivity index (χ2v) is 10.5. The molecule has 1 atom stereocenters. The highest BCUT2D eigenvalue weighted by Gasteiger charge is 2.56. The van der Waals surface area contributed by atoms with Gasteiger partial charge in [-0.05, 0) is 37.8 Å². The predicted molar refractivity (Wildman–Crippen MR) is 108 cm³/mol. The minimum Gasteiger partial charge on any atom is -0.323 e. The fraction of sp³-hybridized carbons (Fsp3) is 0.556. The summed E-state index contributed by atoms with van der Waals surface area (Å²) in [4.78, 5) is 28.2. The fourth-order valence-electron chi connectivity index (χ4n) is 3.92. The van der Waals surface area contributed by atoms with Crippen molar-refractivity contribution in [3.8, 4) is 0 Å². The van der Waals surface area contributed by atoms with Crippen molar-refractivity contribution in [1.29, 1.82) is 0 Å². The molecule has 0 bridgehead atoms. The van der Waals surface area contributed by atoms with Crippen LogP contribution in [0.2, 0.25) is 10.0 Å². The molecule has 0 radical (unpaired) electrons. The number of sulfonamides is 1. The lowest BCUT2D eigenvalue weighted by Gasteiger charge is -2.35. The first-order valence-electron chi connectivity index (χ1n) is 9.45. The van der Waals surface area contributed by atoms with Gasteiger partial charge in [-0.1, -0.05) is 29.3 Å². The van der Waals surface area contributed by atoms with Crippen molar-refractivity contribution in [2.75, 3.05) is 32.8 Å². The van der Waals surface area contributed by atoms with Gasteiger partial charge in [-0.3, -0.25) is 9.69 Å². The summed E-state index contributed by atoms with van der Waals surface area (Å²) in [5.41, 5.74) is -0.814. The zero-order valence-corrected chi connectivity index (χ0v) is 18.2. The molecule has 1 aromatic rings. The van der Waals surface area contributed by atoms with Crippen LogP contribution in [0.15, 0.2) is 23.1 Å². The molecule has 3 amide bonds. The van der Waals surface area contributed by atoms with Crippen molar-refractivity contribution < 1.29 is 18.0 Å². The summed E-state index contributed by atoms with van der Waals surface area (Å²) in [6, 6.07) is 4.13. The first-order chi connectivity index (χ1) is 13.6. The van der Waals surface area contributed by atoms with Crippen molar-refractivity contribution in [2.45, 2.75) is 30.2 Å². The highest BCUT2D eigenvalue weighted by Crippen LogP contribution is 2.42. The Morgan fingerprint density at radius 1 is 1.14 bits per heavy atom. The van der Waals surface area contributed by atoms with E-state index in [-0.39, 0.29) is 52.6 Å². The molecule has 8 nitrogen and oxygen atoms in total. The Morgan fingerprint density at radius 2 is 1.79 bits per heavy atom. The van der Waals surface area contributed by atoms with E-state index in [9.17, 15) is 18.0 Å². The van der Waals surface area contributed by atoms with E-state index in [4.69, 9.17) is 23.2 Å². The molecule has 1 aromatic carbocycles. The number of imide groups is 1. The molecule has 158 valence electrons. The SMILES string of the molecule is C[C@]1(C2CC2)NC(=O)N(CN2CCN(S(=O)(=O)c3cccc(Cl)c3Cl)CC2)C1=O. The minimum atomic E-state index is -3.78. The van der Waals surface area contributed by atoms with Crippen LogP contribution in [-0.4, -0.2) is 72.8 Å². The Bertz CT molecular complexity index is 961. The number of carbonyl (C=O) groups is 2. The van der Waals surface area contributed by atoms with Gasteiger partial charge in [0.15, 0.2) is 0 Å². The zero-order valence-electron chi connectivity index (χ0n) is 15.9. The third kappa shape index (κ3) is 3.63. The maximum atomic E-state index is 12.9. The third-order valence-electron chi connectivity index (χ3n) is 5.90. The summed E-state index contributed by atoms with van der Waals surface area (Å²) in [6.07, 6.45) is 1.89. The lowest BCUT2D eigenvalue weighted by molar-refractivity contribution is -0.133. The predicted octanol–water partition coefficient (Wildman–Crippen LogP) is 1.98. The number of hydrogen-bond donors (Lipinski definition) is 1. The van der Waals surface area contributed by atoms with Gasteiger partial charge in [0.25, 0.3) is 5.91 Å². The van der Waals surface area contributed by atoms with Gasteiger partial charge in [0, 0.05) is 26.2 Å². The van der Waals surface area contributed by atoms with Crippen LogP contribution in [0.4, 0.5) is 4.79 Å². The number of nitrogens with one attached hydrogen (secondary N) is 1. The fourth-order valence-corrected chi connectivity index (χ4v) is 6.07. The van der Waals surface area contributed by atoms with Gasteiger partial charge in [0.1, 0.15) is 10.4 Å². The number of urea groups is 1. The van der Waals surface area contributed by atoms with Crippen LogP contribution in [0, 0.1) is 5.92 Å². The quantitative estimate of drug-likeness (QED) is 0.678. The lowest BCUT2D eigenvalue weighted by atomic mass is 9.96. The molecule has 0 aromatic heterocycles. The monoisotopic (exact) mass is 460 g/mol. The molecule has 3 aliphatic rings. The van der Waals surface area contributed by atoms with Crippen molar-refractivity contribution in [1.82, 2.24) is 19.4 Å². The Kier molecular flexibility index (Phi) is 5.31. The van der Waals surface area contributed by atoms with Crippen LogP contribution >= 0.6 is 23.2 Å². The average Bonchev–Trinajstić information content (AvgIpc) is 3.50. The molecular formula is C18H22Cl2N4O4S. The lowest BCUT2D eigenvalue weighted by Crippen LogP contribution is -2.53. The van der Waals surface area contributed by atoms with Crippen molar-refractivity contribution in [3.63, 3.8) is 0 Å². The number of halogens is 2. The Hall–Kier alpha value is -1.39. The van der Waals surface area contributed by atoms with Gasteiger partial charge in [-0.2, -0.15) is 4.31 Å². The van der Waals surface area contributed by atoms with Crippen LogP contribution in [0.5, 0.6) is 0 Å². The maximum Gasteiger partial charge on any atom is 0.326 e. The molecule has 3 fully saturated rings. The van der Waals surface area contributed by atoms with E-state index < -0.39 is 15.6 Å². The van der Waals surface area contributed by atoms with Crippen molar-refractivity contribution in [2.24, 2.45) is 5.92 Å². The van der Waals surface area contributed by atoms with E-state index in [1.165, 1.54) is 21.3 Å². The highest BCUT2D eigenvalue weighted by molar-refractivity contribution is 7.89. The maximum absolute atomic E-state index is 12.9. The van der Waals surface area contributed by atoms with E-state index >= 15 is 0 Å². The second kappa shape index (κ2) is 7.39. The van der Waals surface area contributed by atoms with E-state index in [2.05, 4.69) is 5.32 Å². The molecule has 1 N–H and O–H groups in total. The van der Waals surface area contributed by atoms with Gasteiger partial charge in [-0.25, -0.2) is 18.1 Å². The third-order valence-corrected chi connectivity index (χ3v) is 8.77. The normalized spacial score (nSPS) is 26.8. The van der Waals surface area contributed by atoms with Crippen LogP contribution in [0.1, 0.15) is 19.8 Å². The van der Waals surface area contributed by atoms with Crippen LogP contribution in [-0.2, 0) is 14.8 Å². The number of hydrogen-bond acceptors (Lipinski definition) is 5. The molecule has 1 saturated carbocycles. The average molecular weight is 461 g/mol. The standard InChI is InChI=1S/C18H22Cl2N4O4S/c1-18(12-5-6-12)16(25)24(17(26)21-18)11-22-7-9-23(10-8-22)29(27,28)14-4-2-3-13(19)15(14)20/h2-4,12H,5-11H2,1H3,(H,21,26)/t18-/m1/s1. The molecule has 4 rings (SSSR count). The van der Waals surface area contributed by atoms with Crippen molar-refractivity contribution >= 4 is 45.2 Å². The van der Waals surface area contributed by atoms with E-state index in [1.54, 1.807) is 13.0 Å². The summed E-state index contributed by atoms with van der Waals surface area (Å²) >= 11 is 12.0. The van der Waals surface area contributed by atoms with E-state index in [1.807, 2.05) is 4.90 Å². The molecule has 29 heavy (non-hydrogen) atoms. The number of amides is 3. The van der Waals surface area contributed by atoms with Gasteiger partial charge >= 0.3 is 6.03 Å². The Balaban J connectivity index is 1.40. The minimum absolute atomic E-state index is 0.00953. The van der Waals surface area contributed by atoms with Gasteiger partial charge in [0.2, 0.25) is 10.0 Å². The number of benzene rings is 1. The molecule has 1 aliphatic carbocycles. The van der Waals surface area contributed by atoms with Crippen LogP contribution < -0.4 is 5.32 Å². The van der Waals surface area contributed by atoms with Gasteiger partial charge in [-0.15, -0.1) is 0 Å². The number of rotatable bonds is 5. The Morgan fingerprint density at radius 3 is 2.41 bits per heavy atom. The molecule has 11 heteroatoms. The van der Waals surface area contributed by atoms with Gasteiger partial charge in [0.05, 0.1) is 16.7 Å². The first kappa shape index (κ1) is 20.9. The molecular weight excluding hydrogens is 439 g/mol. The molecule has 0 unspecified atom stereocenters. The largest absolute Gasteiger partial charge is 0.326 e. The van der Waals surface area contributed by atoms with E-state index in [0.29, 0.717) is 13.1 Å². The van der Waals surface area contributed by atoms with Crippen molar-refractivity contribution in [3.05, 3.63) is 28.2 Å². The summed E-state index contributed by atoms with van der Waals surface area (Å²) in [5.74, 6) is -0.000791. The zero-order chi connectivity index (χ0) is 21.0. The van der Waals surface area contributed by atoms with Gasteiger partial charge < -0.3 is 5.32 Å². The Labute approximate surface area is 179 Å². The summed E-state index contributed by atoms with van der Waals surface area (Å²) in [6.45, 7) is 3.19. The first-order valence-corrected chi connectivity index (χ1v) is 11.6. The number of nitrogens with zero attached hydrogens (tertiary/aromatic N) is 3. The second-order valence-electron chi connectivity index (χ2n) is 7.86. The molecule has 2 aliphatic heterocycles. The summed E-state index contributed by atoms with van der Waals surface area (Å²) < 4.78 is 27.2. The van der Waals surface area contributed by atoms with Crippen LogP contribution in [0.3, 0.4) is 0 Å². The summed E-state index contributed by atoms with van der Waals surface area (Å²) in [7, 11) is -3.78. The smallest absolute Gasteiger partial charge is 0.323 e. The molecule has 0 spiro atoms.